The third-order valence-electron chi connectivity index (χ3n) is 3.38. The zero-order valence-corrected chi connectivity index (χ0v) is 14.9. The fourth-order valence-corrected chi connectivity index (χ4v) is 3.13. The molecule has 2 aromatic heterocycles. The first-order valence-electron chi connectivity index (χ1n) is 7.31. The molecule has 4 aromatic rings. The fourth-order valence-electron chi connectivity index (χ4n) is 2.11. The van der Waals surface area contributed by atoms with Crippen LogP contribution in [-0.4, -0.2) is 27.9 Å². The minimum Gasteiger partial charge on any atom is -0.337 e. The molecule has 2 aromatic carbocycles. The van der Waals surface area contributed by atoms with Gasteiger partial charge in [0.25, 0.3) is 10.1 Å². The van der Waals surface area contributed by atoms with Gasteiger partial charge in [-0.15, -0.1) is 11.3 Å². The zero-order valence-electron chi connectivity index (χ0n) is 13.2. The lowest BCUT2D eigenvalue weighted by Crippen LogP contribution is -1.96. The molecule has 128 valence electrons. The summed E-state index contributed by atoms with van der Waals surface area (Å²) in [6, 6.07) is 14.0. The molecule has 0 aliphatic carbocycles. The number of benzene rings is 2. The lowest BCUT2D eigenvalue weighted by molar-refractivity contribution is 0.483. The van der Waals surface area contributed by atoms with Gasteiger partial charge in [-0.1, -0.05) is 29.8 Å². The number of imidazole rings is 1. The van der Waals surface area contributed by atoms with Crippen LogP contribution in [0, 0.1) is 6.92 Å². The van der Waals surface area contributed by atoms with E-state index < -0.39 is 10.1 Å². The maximum Gasteiger partial charge on any atom is 0.294 e. The summed E-state index contributed by atoms with van der Waals surface area (Å²) < 4.78 is 29.6. The van der Waals surface area contributed by atoms with Crippen molar-refractivity contribution in [2.75, 3.05) is 0 Å². The molecule has 0 atom stereocenters. The van der Waals surface area contributed by atoms with Crippen LogP contribution in [0.5, 0.6) is 0 Å². The zero-order chi connectivity index (χ0) is 17.9. The van der Waals surface area contributed by atoms with E-state index in [1.54, 1.807) is 23.5 Å². The Labute approximate surface area is 149 Å². The minimum absolute atomic E-state index is 0.0666. The highest BCUT2D eigenvalue weighted by atomic mass is 32.2. The average Bonchev–Trinajstić information content (AvgIpc) is 3.24. The standard InChI is InChI=1S/C10H7N3S.C7H8O3S/c1-2-4-8-7(3-1)12-10(13-8)9-5-14-6-11-9;1-6-2-4-7(5-3-6)11(8,9)10/h1-6H,(H,12,13);2-5H,1H3,(H,8,9,10). The summed E-state index contributed by atoms with van der Waals surface area (Å²) >= 11 is 1.57. The monoisotopic (exact) mass is 373 g/mol. The van der Waals surface area contributed by atoms with E-state index in [9.17, 15) is 8.42 Å². The molecule has 0 amide bonds. The summed E-state index contributed by atoms with van der Waals surface area (Å²) in [6.45, 7) is 1.84. The van der Waals surface area contributed by atoms with E-state index in [4.69, 9.17) is 4.55 Å². The third-order valence-corrected chi connectivity index (χ3v) is 4.84. The van der Waals surface area contributed by atoms with Gasteiger partial charge in [0.2, 0.25) is 0 Å². The van der Waals surface area contributed by atoms with Gasteiger partial charge in [-0.2, -0.15) is 8.42 Å². The molecule has 6 nitrogen and oxygen atoms in total. The lowest BCUT2D eigenvalue weighted by atomic mass is 10.2. The van der Waals surface area contributed by atoms with Crippen LogP contribution in [0.2, 0.25) is 0 Å². The summed E-state index contributed by atoms with van der Waals surface area (Å²) in [5, 5.41) is 1.98. The first kappa shape index (κ1) is 17.3. The van der Waals surface area contributed by atoms with Crippen molar-refractivity contribution in [3.8, 4) is 11.5 Å². The maximum absolute atomic E-state index is 10.5. The van der Waals surface area contributed by atoms with Gasteiger partial charge in [0.15, 0.2) is 5.82 Å². The summed E-state index contributed by atoms with van der Waals surface area (Å²) in [6.07, 6.45) is 0. The van der Waals surface area contributed by atoms with Crippen LogP contribution >= 0.6 is 11.3 Å². The molecule has 0 aliphatic rings. The van der Waals surface area contributed by atoms with E-state index in [2.05, 4.69) is 15.0 Å². The summed E-state index contributed by atoms with van der Waals surface area (Å²) in [5.41, 5.74) is 5.71. The second-order valence-electron chi connectivity index (χ2n) is 5.26. The quantitative estimate of drug-likeness (QED) is 0.519. The number of aromatic nitrogens is 3. The first-order chi connectivity index (χ1) is 11.9. The minimum atomic E-state index is -4.02. The number of H-pyrrole nitrogens is 1. The van der Waals surface area contributed by atoms with Crippen molar-refractivity contribution in [1.82, 2.24) is 15.0 Å². The number of hydrogen-bond donors (Lipinski definition) is 2. The molecule has 0 spiro atoms. The molecule has 0 saturated carbocycles. The van der Waals surface area contributed by atoms with Crippen LogP contribution in [-0.2, 0) is 10.1 Å². The first-order valence-corrected chi connectivity index (χ1v) is 9.69. The SMILES string of the molecule is Cc1ccc(S(=O)(=O)O)cc1.c1ccc2[nH]c(-c3cscn3)nc2c1. The number of rotatable bonds is 2. The Morgan fingerprint density at radius 2 is 1.80 bits per heavy atom. The molecule has 2 N–H and O–H groups in total. The van der Waals surface area contributed by atoms with Gasteiger partial charge in [0, 0.05) is 5.38 Å². The van der Waals surface area contributed by atoms with Crippen molar-refractivity contribution >= 4 is 32.5 Å². The van der Waals surface area contributed by atoms with E-state index in [-0.39, 0.29) is 4.90 Å². The number of aromatic amines is 1. The molecule has 25 heavy (non-hydrogen) atoms. The van der Waals surface area contributed by atoms with Gasteiger partial charge in [-0.05, 0) is 31.2 Å². The number of nitrogens with one attached hydrogen (secondary N) is 1. The molecule has 0 saturated heterocycles. The Morgan fingerprint density at radius 3 is 2.40 bits per heavy atom. The van der Waals surface area contributed by atoms with Gasteiger partial charge in [-0.3, -0.25) is 4.55 Å². The van der Waals surface area contributed by atoms with E-state index in [0.29, 0.717) is 0 Å². The van der Waals surface area contributed by atoms with E-state index in [1.807, 2.05) is 42.1 Å². The number of thiazole rings is 1. The van der Waals surface area contributed by atoms with Gasteiger partial charge < -0.3 is 4.98 Å². The van der Waals surface area contributed by atoms with Gasteiger partial charge in [0.1, 0.15) is 5.69 Å². The van der Waals surface area contributed by atoms with Crippen molar-refractivity contribution in [3.05, 3.63) is 65.0 Å². The normalized spacial score (nSPS) is 11.1. The molecule has 0 unspecified atom stereocenters. The summed E-state index contributed by atoms with van der Waals surface area (Å²) in [4.78, 5) is 11.8. The maximum atomic E-state index is 10.5. The Morgan fingerprint density at radius 1 is 1.08 bits per heavy atom. The summed E-state index contributed by atoms with van der Waals surface area (Å²) in [5.74, 6) is 0.840. The Balaban J connectivity index is 0.000000151. The highest BCUT2D eigenvalue weighted by Crippen LogP contribution is 2.19. The van der Waals surface area contributed by atoms with Crippen molar-refractivity contribution in [2.24, 2.45) is 0 Å². The smallest absolute Gasteiger partial charge is 0.294 e. The van der Waals surface area contributed by atoms with Gasteiger partial charge >= 0.3 is 0 Å². The van der Waals surface area contributed by atoms with Crippen LogP contribution < -0.4 is 0 Å². The molecule has 8 heteroatoms. The van der Waals surface area contributed by atoms with Crippen molar-refractivity contribution in [2.45, 2.75) is 11.8 Å². The molecular formula is C17H15N3O3S2. The lowest BCUT2D eigenvalue weighted by Gasteiger charge is -1.95. The van der Waals surface area contributed by atoms with Crippen molar-refractivity contribution in [3.63, 3.8) is 0 Å². The second kappa shape index (κ2) is 7.14. The number of nitrogens with zero attached hydrogens (tertiary/aromatic N) is 2. The fraction of sp³-hybridized carbons (Fsp3) is 0.0588. The highest BCUT2D eigenvalue weighted by molar-refractivity contribution is 7.85. The van der Waals surface area contributed by atoms with E-state index in [1.165, 1.54) is 12.1 Å². The van der Waals surface area contributed by atoms with Gasteiger partial charge in [0.05, 0.1) is 21.4 Å². The molecule has 0 aliphatic heterocycles. The van der Waals surface area contributed by atoms with Gasteiger partial charge in [-0.25, -0.2) is 9.97 Å². The van der Waals surface area contributed by atoms with Crippen LogP contribution in [0.3, 0.4) is 0 Å². The Hall–Kier alpha value is -2.55. The molecule has 0 fully saturated rings. The molecule has 0 radical (unpaired) electrons. The number of aryl methyl sites for hydroxylation is 1. The van der Waals surface area contributed by atoms with Crippen molar-refractivity contribution < 1.29 is 13.0 Å². The number of para-hydroxylation sites is 2. The van der Waals surface area contributed by atoms with Crippen molar-refractivity contribution in [1.29, 1.82) is 0 Å². The molecule has 4 rings (SSSR count). The predicted octanol–water partition coefficient (Wildman–Crippen LogP) is 3.93. The van der Waals surface area contributed by atoms with Crippen LogP contribution in [0.1, 0.15) is 5.56 Å². The van der Waals surface area contributed by atoms with Crippen LogP contribution in [0.15, 0.2) is 64.3 Å². The second-order valence-corrected chi connectivity index (χ2v) is 7.40. The molecule has 2 heterocycles. The highest BCUT2D eigenvalue weighted by Gasteiger charge is 2.07. The average molecular weight is 373 g/mol. The molecule has 0 bridgehead atoms. The molecular weight excluding hydrogens is 358 g/mol. The number of fused-ring (bicyclic) bond motifs is 1. The Bertz CT molecular complexity index is 1040. The largest absolute Gasteiger partial charge is 0.337 e. The topological polar surface area (TPSA) is 95.9 Å². The predicted molar refractivity (Wildman–Crippen MR) is 98.2 cm³/mol. The Kier molecular flexibility index (Phi) is 4.93. The summed E-state index contributed by atoms with van der Waals surface area (Å²) in [7, 11) is -4.02. The van der Waals surface area contributed by atoms with Crippen LogP contribution in [0.25, 0.3) is 22.6 Å². The number of hydrogen-bond acceptors (Lipinski definition) is 5. The van der Waals surface area contributed by atoms with Crippen LogP contribution in [0.4, 0.5) is 0 Å². The van der Waals surface area contributed by atoms with E-state index in [0.717, 1.165) is 28.1 Å². The van der Waals surface area contributed by atoms with E-state index >= 15 is 0 Å². The third kappa shape index (κ3) is 4.30.